The number of hydrogen-bond donors (Lipinski definition) is 0. The van der Waals surface area contributed by atoms with Crippen molar-refractivity contribution < 1.29 is 42.3 Å². The number of carbonyl (C=O) groups is 4. The third-order valence-corrected chi connectivity index (χ3v) is 28.9. The van der Waals surface area contributed by atoms with Crippen LogP contribution in [0.4, 0.5) is 0 Å². The third-order valence-electron chi connectivity index (χ3n) is 18.3. The average Bonchev–Trinajstić information content (AvgIpc) is 0.758. The van der Waals surface area contributed by atoms with E-state index in [0.717, 1.165) is 50.9 Å². The van der Waals surface area contributed by atoms with Crippen LogP contribution in [0.2, 0.25) is 10.1 Å². The molecule has 0 radical (unpaired) electrons. The molecule has 10 nitrogen and oxygen atoms in total. The largest absolute Gasteiger partial charge is 0.460 e. The highest BCUT2D eigenvalue weighted by molar-refractivity contribution is 9.28. The Morgan fingerprint density at radius 2 is 0.880 bits per heavy atom. The predicted octanol–water partition coefficient (Wildman–Crippen LogP) is 17.5. The van der Waals surface area contributed by atoms with Gasteiger partial charge in [0.05, 0.1) is 29.3 Å². The molecule has 2 fully saturated rings. The van der Waals surface area contributed by atoms with E-state index in [1.54, 1.807) is 7.05 Å². The van der Waals surface area contributed by atoms with Crippen molar-refractivity contribution in [3.63, 3.8) is 0 Å². The summed E-state index contributed by atoms with van der Waals surface area (Å²) < 4.78 is 26.2. The molecule has 4 aromatic carbocycles. The van der Waals surface area contributed by atoms with Crippen LogP contribution in [0.1, 0.15) is 201 Å². The Labute approximate surface area is 575 Å². The smallest absolute Gasteiger partial charge is 0.307 e. The zero-order valence-corrected chi connectivity index (χ0v) is 64.6. The number of ether oxygens (including phenoxy) is 2. The molecule has 0 bridgehead atoms. The third kappa shape index (κ3) is 24.9. The van der Waals surface area contributed by atoms with E-state index in [9.17, 15) is 19.2 Å². The van der Waals surface area contributed by atoms with Gasteiger partial charge >= 0.3 is 11.9 Å². The number of benzene rings is 4. The van der Waals surface area contributed by atoms with E-state index in [-0.39, 0.29) is 46.5 Å². The van der Waals surface area contributed by atoms with Crippen molar-refractivity contribution in [3.8, 4) is 11.8 Å². The summed E-state index contributed by atoms with van der Waals surface area (Å²) in [6, 6.07) is 41.7. The highest BCUT2D eigenvalue weighted by atomic mass is 79.9. The Bertz CT molecular complexity index is 2840. The minimum absolute atomic E-state index is 0.0108. The average molecular weight is 1430 g/mol. The SMILES string of the molecule is CCC(CC)CC1CC(C#CC(=O)C(CCO[Si](c2ccccc2)(c2ccccc2)C(C)(C)C)CC(=O)OC(C)(C)C)C1.CCC(CC)CC1CC(C=C(Br)Br)C1.CON(C)C(=O)C(CCO[Si](c1ccccc1)(c1ccccc1)C(C)(C)C)CC(=O)OC(C)(C)C. The molecule has 92 heavy (non-hydrogen) atoms. The van der Waals surface area contributed by atoms with Gasteiger partial charge in [-0.25, -0.2) is 5.06 Å². The molecule has 4 aromatic rings. The molecular weight excluding hydrogens is 1310 g/mol. The van der Waals surface area contributed by atoms with Gasteiger partial charge in [0.2, 0.25) is 11.7 Å². The first-order chi connectivity index (χ1) is 43.3. The summed E-state index contributed by atoms with van der Waals surface area (Å²) in [5.74, 6) is 8.37. The lowest BCUT2D eigenvalue weighted by molar-refractivity contribution is -0.177. The molecule has 2 unspecified atom stereocenters. The molecule has 0 aromatic heterocycles. The minimum Gasteiger partial charge on any atom is -0.460 e. The molecule has 0 saturated heterocycles. The highest BCUT2D eigenvalue weighted by Crippen LogP contribution is 2.43. The number of halogens is 2. The topological polar surface area (TPSA) is 118 Å². The zero-order valence-electron chi connectivity index (χ0n) is 59.4. The standard InChI is InChI=1S/C38H54O4Si.C28H41NO5Si.C12H20Br2/c1-9-29(10-2)25-31-26-30(27-31)21-22-35(39)32(28-36(40)42-37(3,4)5)23-24-41-43(38(6,7)8,33-17-13-11-14-18-33)34-19-15-12-16-20-34;1-27(2,3)34-25(30)21-22(26(31)29(7)32-8)19-20-33-35(28(4,5)6,23-15-11-9-12-16-23)24-17-13-10-14-18-24;1-3-9(4-2)5-10-6-11(7-10)8-12(13)14/h11-20,29-32H,9-10,23-28H2,1-8H3;9-18,22H,19-21H2,1-8H3;8-11H,3-7H2,1-2H3. The van der Waals surface area contributed by atoms with E-state index in [1.165, 1.54) is 79.2 Å². The molecule has 0 N–H and O–H groups in total. The van der Waals surface area contributed by atoms with Gasteiger partial charge in [-0.2, -0.15) is 0 Å². The van der Waals surface area contributed by atoms with Crippen LogP contribution in [0, 0.1) is 59.2 Å². The van der Waals surface area contributed by atoms with E-state index in [0.29, 0.717) is 26.1 Å². The molecule has 14 heteroatoms. The van der Waals surface area contributed by atoms with Gasteiger partial charge in [-0.1, -0.05) is 228 Å². The van der Waals surface area contributed by atoms with Gasteiger partial charge in [-0.3, -0.25) is 24.0 Å². The maximum atomic E-state index is 13.5. The Balaban J connectivity index is 0.000000329. The van der Waals surface area contributed by atoms with E-state index < -0.39 is 45.6 Å². The lowest BCUT2D eigenvalue weighted by atomic mass is 9.70. The lowest BCUT2D eigenvalue weighted by Gasteiger charge is -2.43. The number of ketones is 1. The van der Waals surface area contributed by atoms with Crippen LogP contribution in [0.15, 0.2) is 131 Å². The normalized spacial score (nSPS) is 17.4. The molecule has 0 heterocycles. The van der Waals surface area contributed by atoms with Crippen molar-refractivity contribution in [1.82, 2.24) is 5.06 Å². The molecule has 2 aliphatic carbocycles. The fourth-order valence-electron chi connectivity index (χ4n) is 13.2. The second-order valence-corrected chi connectivity index (χ2v) is 41.0. The molecule has 2 saturated carbocycles. The summed E-state index contributed by atoms with van der Waals surface area (Å²) in [6.45, 7) is 34.2. The van der Waals surface area contributed by atoms with Gasteiger partial charge in [-0.15, -0.1) is 0 Å². The number of hydrogen-bond acceptors (Lipinski definition) is 9. The molecule has 2 aliphatic rings. The summed E-state index contributed by atoms with van der Waals surface area (Å²) >= 11 is 6.85. The van der Waals surface area contributed by atoms with E-state index >= 15 is 0 Å². The van der Waals surface area contributed by atoms with Gasteiger partial charge in [0.15, 0.2) is 0 Å². The summed E-state index contributed by atoms with van der Waals surface area (Å²) in [7, 11) is -2.51. The van der Waals surface area contributed by atoms with Crippen molar-refractivity contribution in [3.05, 3.63) is 131 Å². The second-order valence-electron chi connectivity index (χ2n) is 29.7. The Morgan fingerprint density at radius 3 is 1.20 bits per heavy atom. The van der Waals surface area contributed by atoms with Crippen molar-refractivity contribution in [2.75, 3.05) is 27.4 Å². The quantitative estimate of drug-likeness (QED) is 0.0180. The van der Waals surface area contributed by atoms with Crippen LogP contribution in [-0.4, -0.2) is 83.9 Å². The number of esters is 2. The fraction of sp³-hybridized carbons (Fsp3) is 0.590. The highest BCUT2D eigenvalue weighted by Gasteiger charge is 2.51. The number of allylic oxidation sites excluding steroid dienone is 1. The molecule has 0 spiro atoms. The molecule has 0 aliphatic heterocycles. The molecule has 2 atom stereocenters. The minimum atomic E-state index is -2.75. The van der Waals surface area contributed by atoms with Gasteiger partial charge < -0.3 is 18.3 Å². The monoisotopic (exact) mass is 1420 g/mol. The van der Waals surface area contributed by atoms with Crippen LogP contribution in [0.3, 0.4) is 0 Å². The van der Waals surface area contributed by atoms with Crippen molar-refractivity contribution >= 4 is 92.9 Å². The number of hydroxylamine groups is 2. The number of Topliss-reactive ketones (excluding diaryl/α,β-unsaturated/α-hetero) is 1. The van der Waals surface area contributed by atoms with Crippen LogP contribution in [0.25, 0.3) is 0 Å². The molecule has 6 rings (SSSR count). The number of rotatable bonds is 28. The van der Waals surface area contributed by atoms with Crippen LogP contribution >= 0.6 is 31.9 Å². The summed E-state index contributed by atoms with van der Waals surface area (Å²) in [5.41, 5.74) is -1.24. The summed E-state index contributed by atoms with van der Waals surface area (Å²) in [5, 5.41) is 5.54. The zero-order chi connectivity index (χ0) is 68.5. The van der Waals surface area contributed by atoms with Crippen molar-refractivity contribution in [2.24, 2.45) is 47.3 Å². The van der Waals surface area contributed by atoms with Gasteiger partial charge in [0.25, 0.3) is 16.6 Å². The van der Waals surface area contributed by atoms with Crippen LogP contribution < -0.4 is 20.7 Å². The maximum absolute atomic E-state index is 13.5. The first kappa shape index (κ1) is 80.0. The van der Waals surface area contributed by atoms with Crippen LogP contribution in [0.5, 0.6) is 0 Å². The Hall–Kier alpha value is -4.47. The Morgan fingerprint density at radius 1 is 0.543 bits per heavy atom. The number of nitrogens with zero attached hydrogens (tertiary/aromatic N) is 1. The van der Waals surface area contributed by atoms with Gasteiger partial charge in [0.1, 0.15) is 11.2 Å². The fourth-order valence-corrected chi connectivity index (χ4v) is 23.1. The lowest BCUT2D eigenvalue weighted by Crippen LogP contribution is -2.66. The second kappa shape index (κ2) is 37.7. The Kier molecular flexibility index (Phi) is 32.8. The molecule has 1 amide bonds. The number of carbonyl (C=O) groups excluding carboxylic acids is 4. The maximum Gasteiger partial charge on any atom is 0.307 e. The summed E-state index contributed by atoms with van der Waals surface area (Å²) in [4.78, 5) is 57.1. The van der Waals surface area contributed by atoms with E-state index in [4.69, 9.17) is 23.2 Å². The van der Waals surface area contributed by atoms with E-state index in [2.05, 4.69) is 192 Å². The first-order valence-corrected chi connectivity index (χ1v) is 39.5. The first-order valence-electron chi connectivity index (χ1n) is 34.1. The summed E-state index contributed by atoms with van der Waals surface area (Å²) in [6.07, 6.45) is 15.9. The van der Waals surface area contributed by atoms with Crippen molar-refractivity contribution in [1.29, 1.82) is 0 Å². The number of amides is 1. The van der Waals surface area contributed by atoms with Crippen LogP contribution in [-0.2, 0) is 42.3 Å². The molecule has 508 valence electrons. The van der Waals surface area contributed by atoms with Crippen molar-refractivity contribution in [2.45, 2.75) is 222 Å². The molecular formula is C78H115Br2NO9Si2. The predicted molar refractivity (Wildman–Crippen MR) is 393 cm³/mol. The van der Waals surface area contributed by atoms with Gasteiger partial charge in [0, 0.05) is 32.1 Å². The van der Waals surface area contributed by atoms with Gasteiger partial charge in [-0.05, 0) is 191 Å². The van der Waals surface area contributed by atoms with E-state index in [1.807, 2.05) is 90.1 Å².